The molecule has 0 heterocycles. The fourth-order valence-electron chi connectivity index (χ4n) is 3.23. The third-order valence-corrected chi connectivity index (χ3v) is 4.75. The summed E-state index contributed by atoms with van der Waals surface area (Å²) in [5, 5.41) is 17.3. The van der Waals surface area contributed by atoms with Crippen molar-refractivity contribution in [3.8, 4) is 0 Å². The minimum Gasteiger partial charge on any atom is -0.481 e. The first-order valence-electron chi connectivity index (χ1n) is 10.2. The van der Waals surface area contributed by atoms with Crippen molar-refractivity contribution in [3.05, 3.63) is 0 Å². The van der Waals surface area contributed by atoms with E-state index in [-0.39, 0.29) is 25.7 Å². The van der Waals surface area contributed by atoms with E-state index >= 15 is 0 Å². The molecule has 1 saturated carbocycles. The van der Waals surface area contributed by atoms with Gasteiger partial charge in [-0.3, -0.25) is 19.2 Å². The van der Waals surface area contributed by atoms with Gasteiger partial charge < -0.3 is 19.7 Å². The zero-order valence-corrected chi connectivity index (χ0v) is 16.4. The maximum absolute atomic E-state index is 12.1. The van der Waals surface area contributed by atoms with Crippen LogP contribution in [0.5, 0.6) is 0 Å². The predicted molar refractivity (Wildman–Crippen MR) is 99.7 cm³/mol. The predicted octanol–water partition coefficient (Wildman–Crippen LogP) is 3.45. The topological polar surface area (TPSA) is 127 Å². The summed E-state index contributed by atoms with van der Waals surface area (Å²) in [5.74, 6) is -2.55. The number of carboxylic acid groups (broad SMARTS) is 2. The number of unbranched alkanes of at least 4 members (excludes halogenated alkanes) is 2. The van der Waals surface area contributed by atoms with E-state index in [4.69, 9.17) is 19.7 Å². The van der Waals surface area contributed by atoms with Gasteiger partial charge in [0.05, 0.1) is 0 Å². The Morgan fingerprint density at radius 1 is 0.607 bits per heavy atom. The molecule has 160 valence electrons. The van der Waals surface area contributed by atoms with Crippen LogP contribution in [0.15, 0.2) is 0 Å². The standard InChI is InChI=1S/C20H32O8/c21-17(22)11-5-7-13-19(25)27-15-9-3-1-2-4-10-16(15)28-20(26)14-8-6-12-18(23)24/h15-16H,1-14H2,(H,21,22)(H,23,24). The lowest BCUT2D eigenvalue weighted by Crippen LogP contribution is -2.36. The minimum atomic E-state index is -0.885. The molecule has 0 aromatic rings. The van der Waals surface area contributed by atoms with E-state index in [2.05, 4.69) is 0 Å². The van der Waals surface area contributed by atoms with Crippen molar-refractivity contribution >= 4 is 23.9 Å². The van der Waals surface area contributed by atoms with E-state index < -0.39 is 36.1 Å². The summed E-state index contributed by atoms with van der Waals surface area (Å²) < 4.78 is 11.1. The zero-order chi connectivity index (χ0) is 20.8. The first-order chi connectivity index (χ1) is 13.4. The third kappa shape index (κ3) is 11.6. The van der Waals surface area contributed by atoms with Crippen LogP contribution >= 0.6 is 0 Å². The lowest BCUT2D eigenvalue weighted by atomic mass is 9.96. The molecule has 2 unspecified atom stereocenters. The molecule has 0 aromatic heterocycles. The van der Waals surface area contributed by atoms with Gasteiger partial charge in [-0.05, 0) is 51.4 Å². The fraction of sp³-hybridized carbons (Fsp3) is 0.800. The van der Waals surface area contributed by atoms with E-state index in [0.717, 1.165) is 25.7 Å². The summed E-state index contributed by atoms with van der Waals surface area (Å²) in [4.78, 5) is 45.2. The minimum absolute atomic E-state index is 0.0266. The fourth-order valence-corrected chi connectivity index (χ4v) is 3.23. The molecule has 0 radical (unpaired) electrons. The van der Waals surface area contributed by atoms with Gasteiger partial charge in [0.2, 0.25) is 0 Å². The van der Waals surface area contributed by atoms with E-state index in [1.54, 1.807) is 0 Å². The summed E-state index contributed by atoms with van der Waals surface area (Å²) in [6.07, 6.45) is 6.29. The van der Waals surface area contributed by atoms with Crippen molar-refractivity contribution in [2.24, 2.45) is 0 Å². The van der Waals surface area contributed by atoms with Crippen molar-refractivity contribution in [1.29, 1.82) is 0 Å². The van der Waals surface area contributed by atoms with Gasteiger partial charge in [-0.1, -0.05) is 12.8 Å². The Balaban J connectivity index is 2.46. The Morgan fingerprint density at radius 3 is 1.32 bits per heavy atom. The van der Waals surface area contributed by atoms with Crippen LogP contribution in [0.3, 0.4) is 0 Å². The number of esters is 2. The molecular formula is C20H32O8. The van der Waals surface area contributed by atoms with Crippen LogP contribution in [0.25, 0.3) is 0 Å². The number of rotatable bonds is 12. The molecule has 0 bridgehead atoms. The molecule has 0 aromatic carbocycles. The lowest BCUT2D eigenvalue weighted by molar-refractivity contribution is -0.170. The van der Waals surface area contributed by atoms with E-state index in [1.165, 1.54) is 0 Å². The Hall–Kier alpha value is -2.12. The maximum atomic E-state index is 12.1. The quantitative estimate of drug-likeness (QED) is 0.377. The Labute approximate surface area is 165 Å². The molecule has 0 saturated heterocycles. The molecular weight excluding hydrogens is 368 g/mol. The Kier molecular flexibility index (Phi) is 11.9. The van der Waals surface area contributed by atoms with Crippen molar-refractivity contribution in [2.45, 2.75) is 102 Å². The van der Waals surface area contributed by atoms with Gasteiger partial charge in [-0.15, -0.1) is 0 Å². The second-order valence-electron chi connectivity index (χ2n) is 7.25. The second-order valence-corrected chi connectivity index (χ2v) is 7.25. The molecule has 1 aliphatic rings. The number of carbonyl (C=O) groups excluding carboxylic acids is 2. The molecule has 1 fully saturated rings. The van der Waals surface area contributed by atoms with Crippen molar-refractivity contribution < 1.29 is 38.9 Å². The molecule has 8 heteroatoms. The lowest BCUT2D eigenvalue weighted by Gasteiger charge is -2.29. The van der Waals surface area contributed by atoms with Crippen LogP contribution in [0.4, 0.5) is 0 Å². The molecule has 0 amide bonds. The second kappa shape index (κ2) is 14.0. The van der Waals surface area contributed by atoms with Gasteiger partial charge in [-0.25, -0.2) is 0 Å². The van der Waals surface area contributed by atoms with Crippen LogP contribution in [0.2, 0.25) is 0 Å². The Bertz CT molecular complexity index is 470. The van der Waals surface area contributed by atoms with Crippen molar-refractivity contribution in [1.82, 2.24) is 0 Å². The van der Waals surface area contributed by atoms with Crippen molar-refractivity contribution in [3.63, 3.8) is 0 Å². The average molecular weight is 400 g/mol. The monoisotopic (exact) mass is 400 g/mol. The molecule has 2 N–H and O–H groups in total. The number of aliphatic carboxylic acids is 2. The molecule has 0 spiro atoms. The summed E-state index contributed by atoms with van der Waals surface area (Å²) in [6.45, 7) is 0. The summed E-state index contributed by atoms with van der Waals surface area (Å²) >= 11 is 0. The van der Waals surface area contributed by atoms with Gasteiger partial charge in [0, 0.05) is 25.7 Å². The smallest absolute Gasteiger partial charge is 0.306 e. The Morgan fingerprint density at radius 2 is 0.964 bits per heavy atom. The first kappa shape index (κ1) is 23.9. The van der Waals surface area contributed by atoms with Crippen LogP contribution < -0.4 is 0 Å². The third-order valence-electron chi connectivity index (χ3n) is 4.75. The van der Waals surface area contributed by atoms with Crippen LogP contribution in [0.1, 0.15) is 89.9 Å². The van der Waals surface area contributed by atoms with Crippen molar-refractivity contribution in [2.75, 3.05) is 0 Å². The van der Waals surface area contributed by atoms with E-state index in [1.807, 2.05) is 0 Å². The summed E-state index contributed by atoms with van der Waals surface area (Å²) in [5.41, 5.74) is 0. The van der Waals surface area contributed by atoms with Crippen LogP contribution in [-0.4, -0.2) is 46.3 Å². The number of carbonyl (C=O) groups is 4. The highest BCUT2D eigenvalue weighted by molar-refractivity contribution is 5.71. The van der Waals surface area contributed by atoms with Crippen LogP contribution in [-0.2, 0) is 28.7 Å². The molecule has 28 heavy (non-hydrogen) atoms. The van der Waals surface area contributed by atoms with E-state index in [0.29, 0.717) is 38.5 Å². The SMILES string of the molecule is O=C(O)CCCCC(=O)OC1CCCCCCC1OC(=O)CCCCC(=O)O. The summed E-state index contributed by atoms with van der Waals surface area (Å²) in [7, 11) is 0. The number of carboxylic acids is 2. The maximum Gasteiger partial charge on any atom is 0.306 e. The van der Waals surface area contributed by atoms with Crippen LogP contribution in [0, 0.1) is 0 Å². The molecule has 8 nitrogen and oxygen atoms in total. The molecule has 1 rings (SSSR count). The van der Waals surface area contributed by atoms with E-state index in [9.17, 15) is 19.2 Å². The van der Waals surface area contributed by atoms with Gasteiger partial charge in [0.25, 0.3) is 0 Å². The molecule has 1 aliphatic carbocycles. The molecule has 2 atom stereocenters. The first-order valence-corrected chi connectivity index (χ1v) is 10.2. The highest BCUT2D eigenvalue weighted by Crippen LogP contribution is 2.24. The zero-order valence-electron chi connectivity index (χ0n) is 16.4. The van der Waals surface area contributed by atoms with Gasteiger partial charge >= 0.3 is 23.9 Å². The normalized spacial score (nSPS) is 19.9. The number of ether oxygens (including phenoxy) is 2. The average Bonchev–Trinajstić information content (AvgIpc) is 2.61. The number of hydrogen-bond acceptors (Lipinski definition) is 6. The summed E-state index contributed by atoms with van der Waals surface area (Å²) in [6, 6.07) is 0. The molecule has 0 aliphatic heterocycles. The van der Waals surface area contributed by atoms with Gasteiger partial charge in [0.15, 0.2) is 0 Å². The number of hydrogen-bond donors (Lipinski definition) is 2. The van der Waals surface area contributed by atoms with Gasteiger partial charge in [-0.2, -0.15) is 0 Å². The highest BCUT2D eigenvalue weighted by Gasteiger charge is 2.29. The van der Waals surface area contributed by atoms with Gasteiger partial charge in [0.1, 0.15) is 12.2 Å². The highest BCUT2D eigenvalue weighted by atomic mass is 16.6. The largest absolute Gasteiger partial charge is 0.481 e.